The number of ether oxygens (including phenoxy) is 1. The minimum atomic E-state index is -1.03. The van der Waals surface area contributed by atoms with Gasteiger partial charge in [0.2, 0.25) is 0 Å². The zero-order chi connectivity index (χ0) is 10.6. The maximum atomic E-state index is 10.6. The van der Waals surface area contributed by atoms with Crippen LogP contribution >= 0.6 is 15.9 Å². The molecule has 0 saturated heterocycles. The molecule has 0 radical (unpaired) electrons. The number of nitrogens with zero attached hydrogens (tertiary/aromatic N) is 1. The third-order valence-corrected chi connectivity index (χ3v) is 1.58. The highest BCUT2D eigenvalue weighted by Gasteiger charge is 2.04. The number of pyridine rings is 1. The van der Waals surface area contributed by atoms with Gasteiger partial charge in [-0.05, 0) is 6.07 Å². The molecule has 1 rings (SSSR count). The normalized spacial score (nSPS) is 9.50. The smallest absolute Gasteiger partial charge is 0.337 e. The number of carboxylic acids is 1. The number of carboxylic acid groups (broad SMARTS) is 1. The van der Waals surface area contributed by atoms with Crippen LogP contribution in [0.25, 0.3) is 0 Å². The lowest BCUT2D eigenvalue weighted by Gasteiger charge is -2.04. The highest BCUT2D eigenvalue weighted by molar-refractivity contribution is 9.11. The molecule has 1 N–H and O–H groups in total. The molecule has 0 bridgehead atoms. The lowest BCUT2D eigenvalue weighted by Crippen LogP contribution is -2.00. The Labute approximate surface area is 89.4 Å². The Kier molecular flexibility index (Phi) is 3.64. The molecular formula is C9H8BrNO3. The molecule has 0 aliphatic carbocycles. The summed E-state index contributed by atoms with van der Waals surface area (Å²) in [5.41, 5.74) is 0.0997. The molecular weight excluding hydrogens is 250 g/mol. The van der Waals surface area contributed by atoms with Crippen LogP contribution in [0.5, 0.6) is 5.75 Å². The van der Waals surface area contributed by atoms with Gasteiger partial charge in [-0.15, -0.1) is 0 Å². The Bertz CT molecular complexity index is 365. The van der Waals surface area contributed by atoms with Gasteiger partial charge in [-0.2, -0.15) is 0 Å². The molecule has 0 atom stereocenters. The van der Waals surface area contributed by atoms with Crippen molar-refractivity contribution in [3.63, 3.8) is 0 Å². The third-order valence-electron chi connectivity index (χ3n) is 1.36. The first-order valence-electron chi connectivity index (χ1n) is 3.74. The fourth-order valence-corrected chi connectivity index (χ4v) is 0.891. The summed E-state index contributed by atoms with van der Waals surface area (Å²) in [5, 5.41) is 8.66. The average Bonchev–Trinajstić information content (AvgIpc) is 2.15. The fourth-order valence-electron chi connectivity index (χ4n) is 0.776. The van der Waals surface area contributed by atoms with E-state index >= 15 is 0 Å². The lowest BCUT2D eigenvalue weighted by atomic mass is 10.3. The average molecular weight is 258 g/mol. The van der Waals surface area contributed by atoms with Crippen molar-refractivity contribution in [2.24, 2.45) is 0 Å². The van der Waals surface area contributed by atoms with Gasteiger partial charge in [0.15, 0.2) is 0 Å². The molecule has 0 amide bonds. The minimum absolute atomic E-state index is 0.0997. The third kappa shape index (κ3) is 3.18. The van der Waals surface area contributed by atoms with E-state index in [4.69, 9.17) is 9.84 Å². The van der Waals surface area contributed by atoms with E-state index in [2.05, 4.69) is 27.5 Å². The van der Waals surface area contributed by atoms with Gasteiger partial charge in [0.25, 0.3) is 0 Å². The van der Waals surface area contributed by atoms with E-state index in [1.165, 1.54) is 18.5 Å². The summed E-state index contributed by atoms with van der Waals surface area (Å²) in [6.45, 7) is 3.87. The second kappa shape index (κ2) is 4.76. The van der Waals surface area contributed by atoms with E-state index in [0.29, 0.717) is 10.2 Å². The van der Waals surface area contributed by atoms with Crippen LogP contribution in [0.3, 0.4) is 0 Å². The number of rotatable bonds is 4. The van der Waals surface area contributed by atoms with Gasteiger partial charge in [0, 0.05) is 10.7 Å². The summed E-state index contributed by atoms with van der Waals surface area (Å²) in [5.74, 6) is -0.619. The van der Waals surface area contributed by atoms with Crippen LogP contribution in [0, 0.1) is 0 Å². The molecule has 4 nitrogen and oxygen atoms in total. The zero-order valence-corrected chi connectivity index (χ0v) is 8.82. The van der Waals surface area contributed by atoms with E-state index in [1.807, 2.05) is 0 Å². The number of carbonyl (C=O) groups is 1. The summed E-state index contributed by atoms with van der Waals surface area (Å²) < 4.78 is 5.86. The lowest BCUT2D eigenvalue weighted by molar-refractivity contribution is 0.0696. The van der Waals surface area contributed by atoms with Gasteiger partial charge in [0.05, 0.1) is 11.8 Å². The van der Waals surface area contributed by atoms with Crippen molar-refractivity contribution >= 4 is 21.9 Å². The molecule has 74 valence electrons. The Balaban J connectivity index is 2.73. The summed E-state index contributed by atoms with van der Waals surface area (Å²) in [6.07, 6.45) is 2.71. The molecule has 5 heteroatoms. The molecule has 1 aromatic rings. The van der Waals surface area contributed by atoms with Gasteiger partial charge < -0.3 is 9.84 Å². The van der Waals surface area contributed by atoms with Crippen molar-refractivity contribution in [1.29, 1.82) is 0 Å². The second-order valence-electron chi connectivity index (χ2n) is 2.52. The minimum Gasteiger partial charge on any atom is -0.487 e. The maximum Gasteiger partial charge on any atom is 0.337 e. The Morgan fingerprint density at radius 3 is 2.93 bits per heavy atom. The van der Waals surface area contributed by atoms with Gasteiger partial charge >= 0.3 is 5.97 Å². The molecule has 1 aromatic heterocycles. The summed E-state index contributed by atoms with van der Waals surface area (Å²) >= 11 is 3.12. The van der Waals surface area contributed by atoms with E-state index in [9.17, 15) is 4.79 Å². The molecule has 0 aliphatic rings. The Morgan fingerprint density at radius 1 is 1.64 bits per heavy atom. The molecule has 0 aromatic carbocycles. The van der Waals surface area contributed by atoms with Crippen LogP contribution in [-0.4, -0.2) is 22.7 Å². The molecule has 1 heterocycles. The molecule has 0 spiro atoms. The SMILES string of the molecule is C=C(Br)COc1cncc(C(=O)O)c1. The van der Waals surface area contributed by atoms with Crippen LogP contribution in [0.15, 0.2) is 29.5 Å². The van der Waals surface area contributed by atoms with Crippen molar-refractivity contribution in [3.8, 4) is 5.75 Å². The number of hydrogen-bond donors (Lipinski definition) is 1. The van der Waals surface area contributed by atoms with Crippen molar-refractivity contribution in [2.75, 3.05) is 6.61 Å². The molecule has 0 unspecified atom stereocenters. The van der Waals surface area contributed by atoms with Gasteiger partial charge in [-0.25, -0.2) is 4.79 Å². The van der Waals surface area contributed by atoms with E-state index < -0.39 is 5.97 Å². The van der Waals surface area contributed by atoms with Crippen LogP contribution in [0.2, 0.25) is 0 Å². The predicted molar refractivity (Wildman–Crippen MR) is 54.8 cm³/mol. The van der Waals surface area contributed by atoms with Gasteiger partial charge in [-0.1, -0.05) is 22.5 Å². The highest BCUT2D eigenvalue weighted by Crippen LogP contribution is 2.13. The van der Waals surface area contributed by atoms with Crippen LogP contribution in [-0.2, 0) is 0 Å². The predicted octanol–water partition coefficient (Wildman–Crippen LogP) is 2.07. The van der Waals surface area contributed by atoms with E-state index in [-0.39, 0.29) is 12.2 Å². The van der Waals surface area contributed by atoms with Crippen molar-refractivity contribution in [3.05, 3.63) is 35.1 Å². The largest absolute Gasteiger partial charge is 0.487 e. The van der Waals surface area contributed by atoms with Crippen LogP contribution < -0.4 is 4.74 Å². The maximum absolute atomic E-state index is 10.6. The molecule has 14 heavy (non-hydrogen) atoms. The summed E-state index contributed by atoms with van der Waals surface area (Å²) in [6, 6.07) is 1.41. The first-order valence-corrected chi connectivity index (χ1v) is 4.53. The number of aromatic nitrogens is 1. The highest BCUT2D eigenvalue weighted by atomic mass is 79.9. The van der Waals surface area contributed by atoms with Crippen molar-refractivity contribution < 1.29 is 14.6 Å². The second-order valence-corrected chi connectivity index (χ2v) is 3.64. The standard InChI is InChI=1S/C9H8BrNO3/c1-6(10)5-14-8-2-7(9(12)13)3-11-4-8/h2-4H,1,5H2,(H,12,13). The molecule has 0 saturated carbocycles. The first kappa shape index (κ1) is 10.7. The first-order chi connectivity index (χ1) is 6.59. The van der Waals surface area contributed by atoms with Crippen molar-refractivity contribution in [1.82, 2.24) is 4.98 Å². The topological polar surface area (TPSA) is 59.4 Å². The van der Waals surface area contributed by atoms with Gasteiger partial charge in [0.1, 0.15) is 12.4 Å². The number of halogens is 1. The zero-order valence-electron chi connectivity index (χ0n) is 7.24. The molecule has 0 aliphatic heterocycles. The van der Waals surface area contributed by atoms with E-state index in [0.717, 1.165) is 0 Å². The molecule has 0 fully saturated rings. The Hall–Kier alpha value is -1.36. The number of aromatic carboxylic acids is 1. The van der Waals surface area contributed by atoms with Crippen LogP contribution in [0.4, 0.5) is 0 Å². The fraction of sp³-hybridized carbons (Fsp3) is 0.111. The summed E-state index contributed by atoms with van der Waals surface area (Å²) in [4.78, 5) is 14.3. The number of hydrogen-bond acceptors (Lipinski definition) is 3. The quantitative estimate of drug-likeness (QED) is 0.897. The monoisotopic (exact) mass is 257 g/mol. The Morgan fingerprint density at radius 2 is 2.36 bits per heavy atom. The van der Waals surface area contributed by atoms with Crippen LogP contribution in [0.1, 0.15) is 10.4 Å². The van der Waals surface area contributed by atoms with Crippen molar-refractivity contribution in [2.45, 2.75) is 0 Å². The van der Waals surface area contributed by atoms with E-state index in [1.54, 1.807) is 0 Å². The van der Waals surface area contributed by atoms with Gasteiger partial charge in [-0.3, -0.25) is 4.98 Å². The summed E-state index contributed by atoms with van der Waals surface area (Å²) in [7, 11) is 0.